The van der Waals surface area contributed by atoms with E-state index >= 15 is 0 Å². The summed E-state index contributed by atoms with van der Waals surface area (Å²) in [7, 11) is 1.32. The van der Waals surface area contributed by atoms with Crippen molar-refractivity contribution in [1.82, 2.24) is 0 Å². The van der Waals surface area contributed by atoms with Gasteiger partial charge in [0.15, 0.2) is 0 Å². The monoisotopic (exact) mass is 237 g/mol. The van der Waals surface area contributed by atoms with Gasteiger partial charge in [0.2, 0.25) is 5.91 Å². The Bertz CT molecular complexity index is 433. The Balaban J connectivity index is 2.15. The molecule has 1 atom stereocenters. The van der Waals surface area contributed by atoms with Crippen LogP contribution in [-0.2, 0) is 14.3 Å². The number of ether oxygens (including phenoxy) is 1. The van der Waals surface area contributed by atoms with Gasteiger partial charge in [-0.2, -0.15) is 0 Å². The second kappa shape index (κ2) is 4.57. The van der Waals surface area contributed by atoms with Crippen LogP contribution in [0.25, 0.3) is 0 Å². The van der Waals surface area contributed by atoms with Crippen LogP contribution in [0.1, 0.15) is 6.42 Å². The van der Waals surface area contributed by atoms with Crippen LogP contribution in [0.5, 0.6) is 0 Å². The van der Waals surface area contributed by atoms with E-state index in [4.69, 9.17) is 0 Å². The molecule has 4 nitrogen and oxygen atoms in total. The number of benzene rings is 1. The zero-order valence-corrected chi connectivity index (χ0v) is 9.54. The lowest BCUT2D eigenvalue weighted by molar-refractivity contribution is -0.141. The van der Waals surface area contributed by atoms with E-state index in [0.717, 1.165) is 10.6 Å². The van der Waals surface area contributed by atoms with Crippen LogP contribution >= 0.6 is 11.8 Å². The van der Waals surface area contributed by atoms with E-state index in [-0.39, 0.29) is 18.3 Å². The van der Waals surface area contributed by atoms with Gasteiger partial charge in [-0.05, 0) is 12.1 Å². The van der Waals surface area contributed by atoms with Crippen LogP contribution in [0.2, 0.25) is 0 Å². The Morgan fingerprint density at radius 2 is 2.25 bits per heavy atom. The lowest BCUT2D eigenvalue weighted by atomic mass is 10.2. The lowest BCUT2D eigenvalue weighted by Gasteiger charge is -2.22. The van der Waals surface area contributed by atoms with Crippen LogP contribution in [-0.4, -0.2) is 24.2 Å². The van der Waals surface area contributed by atoms with E-state index in [1.807, 2.05) is 24.3 Å². The number of thioether (sulfide) groups is 1. The van der Waals surface area contributed by atoms with E-state index < -0.39 is 5.25 Å². The van der Waals surface area contributed by atoms with Crippen LogP contribution < -0.4 is 5.32 Å². The Morgan fingerprint density at radius 1 is 1.50 bits per heavy atom. The number of para-hydroxylation sites is 1. The molecule has 1 aromatic carbocycles. The van der Waals surface area contributed by atoms with Crippen LogP contribution in [0.3, 0.4) is 0 Å². The number of anilines is 1. The molecule has 0 aliphatic carbocycles. The summed E-state index contributed by atoms with van der Waals surface area (Å²) in [5.74, 6) is -0.513. The second-order valence-corrected chi connectivity index (χ2v) is 4.62. The van der Waals surface area contributed by atoms with E-state index in [9.17, 15) is 9.59 Å². The molecule has 0 unspecified atom stereocenters. The fourth-order valence-electron chi connectivity index (χ4n) is 1.46. The van der Waals surface area contributed by atoms with Gasteiger partial charge in [0.1, 0.15) is 0 Å². The fourth-order valence-corrected chi connectivity index (χ4v) is 2.56. The predicted molar refractivity (Wildman–Crippen MR) is 61.3 cm³/mol. The molecule has 1 amide bonds. The van der Waals surface area contributed by atoms with Crippen LogP contribution in [0.15, 0.2) is 29.2 Å². The highest BCUT2D eigenvalue weighted by molar-refractivity contribution is 8.01. The molecule has 1 heterocycles. The average molecular weight is 237 g/mol. The normalized spacial score (nSPS) is 18.6. The highest BCUT2D eigenvalue weighted by atomic mass is 32.2. The lowest BCUT2D eigenvalue weighted by Crippen LogP contribution is -2.31. The number of fused-ring (bicyclic) bond motifs is 1. The van der Waals surface area contributed by atoms with Gasteiger partial charge in [-0.15, -0.1) is 11.8 Å². The molecular weight excluding hydrogens is 226 g/mol. The van der Waals surface area contributed by atoms with Gasteiger partial charge in [0, 0.05) is 4.90 Å². The molecule has 16 heavy (non-hydrogen) atoms. The molecule has 0 saturated heterocycles. The molecule has 1 aromatic rings. The molecule has 0 spiro atoms. The van der Waals surface area contributed by atoms with Crippen molar-refractivity contribution >= 4 is 29.3 Å². The highest BCUT2D eigenvalue weighted by Crippen LogP contribution is 2.36. The van der Waals surface area contributed by atoms with Crippen molar-refractivity contribution in [3.63, 3.8) is 0 Å². The molecule has 1 aliphatic rings. The number of hydrogen-bond acceptors (Lipinski definition) is 4. The first kappa shape index (κ1) is 11.0. The average Bonchev–Trinajstić information content (AvgIpc) is 2.30. The molecule has 0 radical (unpaired) electrons. The zero-order chi connectivity index (χ0) is 11.5. The van der Waals surface area contributed by atoms with Crippen molar-refractivity contribution in [3.8, 4) is 0 Å². The second-order valence-electron chi connectivity index (χ2n) is 3.37. The summed E-state index contributed by atoms with van der Waals surface area (Å²) in [4.78, 5) is 23.8. The molecule has 84 valence electrons. The summed E-state index contributed by atoms with van der Waals surface area (Å²) >= 11 is 1.40. The largest absolute Gasteiger partial charge is 0.469 e. The maximum absolute atomic E-state index is 11.7. The molecule has 0 saturated carbocycles. The SMILES string of the molecule is COC(=O)C[C@@H]1Sc2ccccc2NC1=O. The predicted octanol–water partition coefficient (Wildman–Crippen LogP) is 1.66. The van der Waals surface area contributed by atoms with E-state index in [0.29, 0.717) is 0 Å². The molecule has 1 N–H and O–H groups in total. The van der Waals surface area contributed by atoms with Crippen LogP contribution in [0, 0.1) is 0 Å². The number of esters is 1. The third-order valence-electron chi connectivity index (χ3n) is 2.29. The van der Waals surface area contributed by atoms with Crippen LogP contribution in [0.4, 0.5) is 5.69 Å². The summed E-state index contributed by atoms with van der Waals surface area (Å²) in [6.45, 7) is 0. The Kier molecular flexibility index (Phi) is 3.14. The van der Waals surface area contributed by atoms with Gasteiger partial charge >= 0.3 is 5.97 Å². The minimum atomic E-state index is -0.401. The molecular formula is C11H11NO3S. The fraction of sp³-hybridized carbons (Fsp3) is 0.273. The van der Waals surface area contributed by atoms with E-state index in [1.165, 1.54) is 18.9 Å². The molecule has 5 heteroatoms. The summed E-state index contributed by atoms with van der Waals surface area (Å²) in [5.41, 5.74) is 0.804. The first-order valence-corrected chi connectivity index (χ1v) is 5.72. The number of nitrogens with one attached hydrogen (secondary N) is 1. The minimum Gasteiger partial charge on any atom is -0.469 e. The van der Waals surface area contributed by atoms with Crippen molar-refractivity contribution in [3.05, 3.63) is 24.3 Å². The smallest absolute Gasteiger partial charge is 0.307 e. The third kappa shape index (κ3) is 2.19. The van der Waals surface area contributed by atoms with Gasteiger partial charge in [-0.3, -0.25) is 9.59 Å². The van der Waals surface area contributed by atoms with Crippen molar-refractivity contribution in [2.75, 3.05) is 12.4 Å². The molecule has 0 fully saturated rings. The quantitative estimate of drug-likeness (QED) is 0.795. The summed E-state index contributed by atoms with van der Waals surface area (Å²) in [5, 5.41) is 2.37. The zero-order valence-electron chi connectivity index (χ0n) is 8.73. The molecule has 0 aromatic heterocycles. The van der Waals surface area contributed by atoms with Gasteiger partial charge in [0.05, 0.1) is 24.5 Å². The molecule has 0 bridgehead atoms. The Morgan fingerprint density at radius 3 is 3.00 bits per heavy atom. The first-order valence-electron chi connectivity index (χ1n) is 4.84. The number of methoxy groups -OCH3 is 1. The first-order chi connectivity index (χ1) is 7.70. The number of carbonyl (C=O) groups is 2. The van der Waals surface area contributed by atoms with E-state index in [2.05, 4.69) is 10.1 Å². The minimum absolute atomic E-state index is 0.0985. The Hall–Kier alpha value is -1.49. The van der Waals surface area contributed by atoms with Crippen molar-refractivity contribution < 1.29 is 14.3 Å². The highest BCUT2D eigenvalue weighted by Gasteiger charge is 2.28. The standard InChI is InChI=1S/C11H11NO3S/c1-15-10(13)6-9-11(14)12-7-4-2-3-5-8(7)16-9/h2-5,9H,6H2,1H3,(H,12,14)/t9-/m0/s1. The Labute approximate surface area is 97.4 Å². The summed E-state index contributed by atoms with van der Waals surface area (Å²) in [6.07, 6.45) is 0.0985. The van der Waals surface area contributed by atoms with E-state index in [1.54, 1.807) is 0 Å². The number of carbonyl (C=O) groups excluding carboxylic acids is 2. The maximum Gasteiger partial charge on any atom is 0.307 e. The summed E-state index contributed by atoms with van der Waals surface area (Å²) in [6, 6.07) is 7.52. The third-order valence-corrected chi connectivity index (χ3v) is 3.56. The van der Waals surface area contributed by atoms with Gasteiger partial charge in [-0.1, -0.05) is 12.1 Å². The summed E-state index contributed by atoms with van der Waals surface area (Å²) < 4.78 is 4.56. The molecule has 1 aliphatic heterocycles. The number of rotatable bonds is 2. The maximum atomic E-state index is 11.7. The number of hydrogen-bond donors (Lipinski definition) is 1. The van der Waals surface area contributed by atoms with Gasteiger partial charge < -0.3 is 10.1 Å². The van der Waals surface area contributed by atoms with Crippen molar-refractivity contribution in [1.29, 1.82) is 0 Å². The van der Waals surface area contributed by atoms with Gasteiger partial charge in [0.25, 0.3) is 0 Å². The topological polar surface area (TPSA) is 55.4 Å². The molecule has 2 rings (SSSR count). The van der Waals surface area contributed by atoms with Gasteiger partial charge in [-0.25, -0.2) is 0 Å². The number of amides is 1. The van der Waals surface area contributed by atoms with Crippen molar-refractivity contribution in [2.45, 2.75) is 16.6 Å². The van der Waals surface area contributed by atoms with Crippen molar-refractivity contribution in [2.24, 2.45) is 0 Å².